The second-order valence-corrected chi connectivity index (χ2v) is 7.79. The van der Waals surface area contributed by atoms with Gasteiger partial charge in [0.1, 0.15) is 28.8 Å². The minimum atomic E-state index is -0.428. The number of carbonyl (C=O) groups is 2. The van der Waals surface area contributed by atoms with Crippen molar-refractivity contribution in [1.29, 1.82) is 15.8 Å². The average molecular weight is 352 g/mol. The molecule has 0 unspecified atom stereocenters. The number of nitriles is 3. The highest BCUT2D eigenvalue weighted by molar-refractivity contribution is 7.18. The first kappa shape index (κ1) is 18.4. The lowest BCUT2D eigenvalue weighted by Gasteiger charge is -2.28. The van der Waals surface area contributed by atoms with Gasteiger partial charge in [0, 0.05) is 12.8 Å². The Morgan fingerprint density at radius 3 is 2.44 bits per heavy atom. The molecule has 1 aromatic rings. The van der Waals surface area contributed by atoms with Gasteiger partial charge in [0.15, 0.2) is 5.78 Å². The first-order valence-corrected chi connectivity index (χ1v) is 8.43. The topological polar surface area (TPSA) is 118 Å². The zero-order chi connectivity index (χ0) is 18.8. The van der Waals surface area contributed by atoms with E-state index in [4.69, 9.17) is 10.5 Å². The standard InChI is InChI=1S/C18H16N4O2S/c1-10(11(7-19)8-20)4-15(24)22-17-13(9-21)12-5-18(2,3)6-14(23)16(12)25-17/h4-6H2,1-3H3,(H,22,24). The molecule has 0 aromatic carbocycles. The third kappa shape index (κ3) is 3.76. The molecule has 0 saturated carbocycles. The summed E-state index contributed by atoms with van der Waals surface area (Å²) in [6, 6.07) is 5.58. The van der Waals surface area contributed by atoms with E-state index < -0.39 is 5.91 Å². The largest absolute Gasteiger partial charge is 0.316 e. The molecule has 6 nitrogen and oxygen atoms in total. The van der Waals surface area contributed by atoms with E-state index in [0.29, 0.717) is 39.4 Å². The van der Waals surface area contributed by atoms with E-state index in [1.165, 1.54) is 6.92 Å². The summed E-state index contributed by atoms with van der Waals surface area (Å²) in [5.41, 5.74) is 1.08. The Kier molecular flexibility index (Phi) is 5.07. The average Bonchev–Trinajstić information content (AvgIpc) is 2.84. The molecule has 1 N–H and O–H groups in total. The van der Waals surface area contributed by atoms with Crippen molar-refractivity contribution >= 4 is 28.0 Å². The summed E-state index contributed by atoms with van der Waals surface area (Å²) in [5.74, 6) is -0.442. The number of carbonyl (C=O) groups excluding carboxylic acids is 2. The van der Waals surface area contributed by atoms with Crippen LogP contribution >= 0.6 is 11.3 Å². The predicted molar refractivity (Wildman–Crippen MR) is 92.6 cm³/mol. The monoisotopic (exact) mass is 352 g/mol. The van der Waals surface area contributed by atoms with Crippen molar-refractivity contribution in [2.24, 2.45) is 5.41 Å². The molecule has 0 atom stereocenters. The number of anilines is 1. The molecule has 0 radical (unpaired) electrons. The van der Waals surface area contributed by atoms with Gasteiger partial charge in [-0.3, -0.25) is 9.59 Å². The third-order valence-electron chi connectivity index (χ3n) is 4.00. The second-order valence-electron chi connectivity index (χ2n) is 6.77. The molecule has 2 rings (SSSR count). The molecule has 0 fully saturated rings. The molecule has 126 valence electrons. The number of amides is 1. The van der Waals surface area contributed by atoms with E-state index in [9.17, 15) is 14.9 Å². The van der Waals surface area contributed by atoms with Crippen LogP contribution in [0.1, 0.15) is 54.4 Å². The summed E-state index contributed by atoms with van der Waals surface area (Å²) in [6.45, 7) is 5.49. The van der Waals surface area contributed by atoms with Crippen molar-refractivity contribution in [2.45, 2.75) is 40.0 Å². The quantitative estimate of drug-likeness (QED) is 0.836. The van der Waals surface area contributed by atoms with Crippen LogP contribution in [0.5, 0.6) is 0 Å². The Hall–Kier alpha value is -2.95. The fraction of sp³-hybridized carbons (Fsp3) is 0.389. The maximum absolute atomic E-state index is 12.3. The molecule has 0 aliphatic heterocycles. The van der Waals surface area contributed by atoms with Gasteiger partial charge in [-0.05, 0) is 29.9 Å². The zero-order valence-electron chi connectivity index (χ0n) is 14.2. The van der Waals surface area contributed by atoms with Crippen molar-refractivity contribution in [3.63, 3.8) is 0 Å². The molecule has 1 heterocycles. The van der Waals surface area contributed by atoms with E-state index in [0.717, 1.165) is 11.3 Å². The number of fused-ring (bicyclic) bond motifs is 1. The molecule has 0 bridgehead atoms. The normalized spacial score (nSPS) is 14.5. The maximum atomic E-state index is 12.3. The molecule has 1 amide bonds. The van der Waals surface area contributed by atoms with Gasteiger partial charge in [-0.25, -0.2) is 0 Å². The van der Waals surface area contributed by atoms with Crippen LogP contribution in [0.15, 0.2) is 11.1 Å². The number of allylic oxidation sites excluding steroid dienone is 1. The van der Waals surface area contributed by atoms with Crippen LogP contribution in [0.2, 0.25) is 0 Å². The van der Waals surface area contributed by atoms with Crippen LogP contribution in [0, 0.1) is 39.4 Å². The number of nitrogens with zero attached hydrogens (tertiary/aromatic N) is 3. The van der Waals surface area contributed by atoms with E-state index >= 15 is 0 Å². The highest BCUT2D eigenvalue weighted by Crippen LogP contribution is 2.43. The van der Waals surface area contributed by atoms with Crippen LogP contribution in [0.25, 0.3) is 0 Å². The minimum Gasteiger partial charge on any atom is -0.316 e. The lowest BCUT2D eigenvalue weighted by molar-refractivity contribution is -0.115. The summed E-state index contributed by atoms with van der Waals surface area (Å²) in [6.07, 6.45) is 0.896. The third-order valence-corrected chi connectivity index (χ3v) is 5.18. The van der Waals surface area contributed by atoms with Crippen molar-refractivity contribution in [3.8, 4) is 18.2 Å². The van der Waals surface area contributed by atoms with E-state index in [1.807, 2.05) is 13.8 Å². The van der Waals surface area contributed by atoms with Gasteiger partial charge in [0.2, 0.25) is 5.91 Å². The SMILES string of the molecule is CC(CC(=O)Nc1sc2c(c1C#N)CC(C)(C)CC2=O)=C(C#N)C#N. The van der Waals surface area contributed by atoms with Crippen molar-refractivity contribution in [3.05, 3.63) is 27.2 Å². The Bertz CT molecular complexity index is 901. The minimum absolute atomic E-state index is 0.0134. The first-order chi connectivity index (χ1) is 11.7. The van der Waals surface area contributed by atoms with E-state index in [1.54, 1.807) is 12.1 Å². The number of rotatable bonds is 3. The number of hydrogen-bond acceptors (Lipinski definition) is 6. The van der Waals surface area contributed by atoms with Gasteiger partial charge in [-0.2, -0.15) is 15.8 Å². The van der Waals surface area contributed by atoms with Crippen LogP contribution in [0.3, 0.4) is 0 Å². The number of nitrogens with one attached hydrogen (secondary N) is 1. The summed E-state index contributed by atoms with van der Waals surface area (Å²) < 4.78 is 0. The zero-order valence-corrected chi connectivity index (χ0v) is 15.0. The molecular formula is C18H16N4O2S. The summed E-state index contributed by atoms with van der Waals surface area (Å²) in [4.78, 5) is 25.1. The smallest absolute Gasteiger partial charge is 0.229 e. The number of Topliss-reactive ketones (excluding diaryl/α,β-unsaturated/α-hetero) is 1. The Morgan fingerprint density at radius 1 is 1.24 bits per heavy atom. The van der Waals surface area contributed by atoms with Gasteiger partial charge >= 0.3 is 0 Å². The molecule has 25 heavy (non-hydrogen) atoms. The molecule has 0 saturated heterocycles. The Balaban J connectivity index is 2.31. The first-order valence-electron chi connectivity index (χ1n) is 7.61. The Labute approximate surface area is 150 Å². The number of hydrogen-bond donors (Lipinski definition) is 1. The molecule has 1 aromatic heterocycles. The second kappa shape index (κ2) is 6.89. The predicted octanol–water partition coefficient (Wildman–Crippen LogP) is 3.47. The maximum Gasteiger partial charge on any atom is 0.229 e. The molecule has 0 spiro atoms. The fourth-order valence-corrected chi connectivity index (χ4v) is 3.96. The summed E-state index contributed by atoms with van der Waals surface area (Å²) >= 11 is 1.12. The van der Waals surface area contributed by atoms with Gasteiger partial charge in [0.25, 0.3) is 0 Å². The van der Waals surface area contributed by atoms with Crippen LogP contribution in [-0.4, -0.2) is 11.7 Å². The number of thiophene rings is 1. The Morgan fingerprint density at radius 2 is 1.88 bits per heavy atom. The van der Waals surface area contributed by atoms with Gasteiger partial charge in [-0.15, -0.1) is 11.3 Å². The molecule has 1 aliphatic carbocycles. The van der Waals surface area contributed by atoms with Gasteiger partial charge < -0.3 is 5.32 Å². The van der Waals surface area contributed by atoms with Gasteiger partial charge in [-0.1, -0.05) is 13.8 Å². The fourth-order valence-electron chi connectivity index (χ4n) is 2.84. The van der Waals surface area contributed by atoms with E-state index in [2.05, 4.69) is 11.4 Å². The highest BCUT2D eigenvalue weighted by Gasteiger charge is 2.35. The van der Waals surface area contributed by atoms with Crippen LogP contribution < -0.4 is 5.32 Å². The highest BCUT2D eigenvalue weighted by atomic mass is 32.1. The molecular weight excluding hydrogens is 336 g/mol. The number of ketones is 1. The summed E-state index contributed by atoms with van der Waals surface area (Å²) in [5, 5.41) is 30.1. The van der Waals surface area contributed by atoms with Crippen molar-refractivity contribution < 1.29 is 9.59 Å². The lowest BCUT2D eigenvalue weighted by atomic mass is 9.75. The van der Waals surface area contributed by atoms with E-state index in [-0.39, 0.29) is 23.2 Å². The molecule has 7 heteroatoms. The summed E-state index contributed by atoms with van der Waals surface area (Å²) in [7, 11) is 0. The van der Waals surface area contributed by atoms with Crippen LogP contribution in [-0.2, 0) is 11.2 Å². The van der Waals surface area contributed by atoms with Gasteiger partial charge in [0.05, 0.1) is 10.4 Å². The molecule has 1 aliphatic rings. The van der Waals surface area contributed by atoms with Crippen molar-refractivity contribution in [1.82, 2.24) is 0 Å². The lowest BCUT2D eigenvalue weighted by Crippen LogP contribution is -2.26. The van der Waals surface area contributed by atoms with Crippen LogP contribution in [0.4, 0.5) is 5.00 Å². The van der Waals surface area contributed by atoms with Crippen molar-refractivity contribution in [2.75, 3.05) is 5.32 Å².